The number of alkyl halides is 3. The SMILES string of the molecule is CC(C)CC(=O)N[C@H](Nc1cccc(Cl)c1Cl)C(Cl)(Cl)Cl. The van der Waals surface area contributed by atoms with Crippen LogP contribution in [0.1, 0.15) is 20.3 Å². The summed E-state index contributed by atoms with van der Waals surface area (Å²) in [6, 6.07) is 5.00. The molecule has 21 heavy (non-hydrogen) atoms. The first-order valence-electron chi connectivity index (χ1n) is 6.18. The second-order valence-corrected chi connectivity index (χ2v) is 8.04. The van der Waals surface area contributed by atoms with Gasteiger partial charge in [-0.05, 0) is 18.1 Å². The number of hydrogen-bond acceptors (Lipinski definition) is 2. The van der Waals surface area contributed by atoms with Crippen LogP contribution >= 0.6 is 58.0 Å². The Bertz CT molecular complexity index is 502. The van der Waals surface area contributed by atoms with E-state index in [9.17, 15) is 4.79 Å². The predicted octanol–water partition coefficient (Wildman–Crippen LogP) is 5.26. The van der Waals surface area contributed by atoms with Gasteiger partial charge in [-0.1, -0.05) is 77.9 Å². The van der Waals surface area contributed by atoms with Crippen LogP contribution < -0.4 is 10.6 Å². The van der Waals surface area contributed by atoms with Crippen molar-refractivity contribution in [1.82, 2.24) is 5.32 Å². The maximum atomic E-state index is 11.9. The zero-order valence-electron chi connectivity index (χ0n) is 11.4. The van der Waals surface area contributed by atoms with E-state index in [2.05, 4.69) is 10.6 Å². The first-order valence-corrected chi connectivity index (χ1v) is 8.07. The van der Waals surface area contributed by atoms with Gasteiger partial charge in [-0.3, -0.25) is 4.79 Å². The molecule has 1 rings (SSSR count). The molecule has 1 aromatic rings. The van der Waals surface area contributed by atoms with Gasteiger partial charge in [0.1, 0.15) is 6.17 Å². The number of anilines is 1. The molecule has 1 atom stereocenters. The lowest BCUT2D eigenvalue weighted by Gasteiger charge is -2.28. The molecule has 1 amide bonds. The van der Waals surface area contributed by atoms with E-state index in [0.717, 1.165) is 0 Å². The van der Waals surface area contributed by atoms with Crippen LogP contribution in [0.5, 0.6) is 0 Å². The molecule has 0 fully saturated rings. The number of halogens is 5. The summed E-state index contributed by atoms with van der Waals surface area (Å²) in [5.74, 6) is -0.0391. The zero-order chi connectivity index (χ0) is 16.2. The normalized spacial score (nSPS) is 13.1. The molecule has 2 N–H and O–H groups in total. The molecule has 0 unspecified atom stereocenters. The quantitative estimate of drug-likeness (QED) is 0.530. The minimum atomic E-state index is -1.75. The molecule has 0 saturated heterocycles. The number of carbonyl (C=O) groups excluding carboxylic acids is 1. The maximum absolute atomic E-state index is 11.9. The monoisotopic (exact) mass is 390 g/mol. The first-order chi connectivity index (χ1) is 9.61. The van der Waals surface area contributed by atoms with E-state index >= 15 is 0 Å². The first kappa shape index (κ1) is 19.0. The average Bonchev–Trinajstić information content (AvgIpc) is 2.31. The molecule has 0 saturated carbocycles. The fraction of sp³-hybridized carbons (Fsp3) is 0.462. The fourth-order valence-corrected chi connectivity index (χ4v) is 2.24. The molecule has 0 aromatic heterocycles. The van der Waals surface area contributed by atoms with Crippen molar-refractivity contribution < 1.29 is 4.79 Å². The molecule has 118 valence electrons. The summed E-state index contributed by atoms with van der Waals surface area (Å²) in [4.78, 5) is 11.9. The zero-order valence-corrected chi connectivity index (χ0v) is 15.2. The van der Waals surface area contributed by atoms with Crippen molar-refractivity contribution in [2.75, 3.05) is 5.32 Å². The van der Waals surface area contributed by atoms with Gasteiger partial charge < -0.3 is 10.6 Å². The fourth-order valence-electron chi connectivity index (χ4n) is 1.56. The highest BCUT2D eigenvalue weighted by Crippen LogP contribution is 2.35. The van der Waals surface area contributed by atoms with Crippen LogP contribution in [0.3, 0.4) is 0 Å². The van der Waals surface area contributed by atoms with Crippen molar-refractivity contribution in [3.05, 3.63) is 28.2 Å². The van der Waals surface area contributed by atoms with Gasteiger partial charge in [-0.15, -0.1) is 0 Å². The van der Waals surface area contributed by atoms with Gasteiger partial charge in [0.05, 0.1) is 15.7 Å². The molecular weight excluding hydrogens is 377 g/mol. The lowest BCUT2D eigenvalue weighted by Crippen LogP contribution is -2.49. The van der Waals surface area contributed by atoms with Crippen LogP contribution in [0.25, 0.3) is 0 Å². The Morgan fingerprint density at radius 2 is 1.86 bits per heavy atom. The summed E-state index contributed by atoms with van der Waals surface area (Å²) >= 11 is 29.7. The molecule has 1 aromatic carbocycles. The second-order valence-electron chi connectivity index (χ2n) is 4.89. The van der Waals surface area contributed by atoms with E-state index in [1.54, 1.807) is 18.2 Å². The Kier molecular flexibility index (Phi) is 7.21. The van der Waals surface area contributed by atoms with Crippen LogP contribution in [0, 0.1) is 5.92 Å². The van der Waals surface area contributed by atoms with Crippen LogP contribution in [-0.4, -0.2) is 15.9 Å². The second kappa shape index (κ2) is 7.98. The summed E-state index contributed by atoms with van der Waals surface area (Å²) in [6.45, 7) is 3.84. The van der Waals surface area contributed by atoms with Crippen molar-refractivity contribution >= 4 is 69.6 Å². The molecule has 0 spiro atoms. The Labute approximate surface area is 149 Å². The maximum Gasteiger partial charge on any atom is 0.228 e. The van der Waals surface area contributed by atoms with E-state index in [1.165, 1.54) is 0 Å². The Balaban J connectivity index is 2.89. The van der Waals surface area contributed by atoms with Gasteiger partial charge in [0.2, 0.25) is 9.70 Å². The molecule has 3 nitrogen and oxygen atoms in total. The number of benzene rings is 1. The molecule has 0 heterocycles. The molecule has 0 aliphatic rings. The van der Waals surface area contributed by atoms with E-state index in [-0.39, 0.29) is 16.8 Å². The molecular formula is C13H15Cl5N2O. The van der Waals surface area contributed by atoms with Gasteiger partial charge in [-0.25, -0.2) is 0 Å². The van der Waals surface area contributed by atoms with Crippen molar-refractivity contribution in [1.29, 1.82) is 0 Å². The van der Waals surface area contributed by atoms with Gasteiger partial charge >= 0.3 is 0 Å². The summed E-state index contributed by atoms with van der Waals surface area (Å²) in [6.07, 6.45) is -0.618. The number of hydrogen-bond donors (Lipinski definition) is 2. The average molecular weight is 393 g/mol. The van der Waals surface area contributed by atoms with Crippen molar-refractivity contribution in [3.63, 3.8) is 0 Å². The van der Waals surface area contributed by atoms with Crippen LogP contribution in [-0.2, 0) is 4.79 Å². The predicted molar refractivity (Wildman–Crippen MR) is 91.8 cm³/mol. The third kappa shape index (κ3) is 6.29. The van der Waals surface area contributed by atoms with Crippen molar-refractivity contribution in [2.24, 2.45) is 5.92 Å². The number of amides is 1. The Morgan fingerprint density at radius 3 is 2.38 bits per heavy atom. The lowest BCUT2D eigenvalue weighted by molar-refractivity contribution is -0.122. The minimum absolute atomic E-state index is 0.191. The van der Waals surface area contributed by atoms with Crippen molar-refractivity contribution in [3.8, 4) is 0 Å². The van der Waals surface area contributed by atoms with E-state index in [1.807, 2.05) is 13.8 Å². The molecule has 8 heteroatoms. The summed E-state index contributed by atoms with van der Waals surface area (Å²) < 4.78 is -1.75. The lowest BCUT2D eigenvalue weighted by atomic mass is 10.1. The number of nitrogens with one attached hydrogen (secondary N) is 2. The summed E-state index contributed by atoms with van der Waals surface area (Å²) in [5, 5.41) is 6.17. The van der Waals surface area contributed by atoms with E-state index in [4.69, 9.17) is 58.0 Å². The Hall–Kier alpha value is -0.0600. The highest BCUT2D eigenvalue weighted by atomic mass is 35.6. The molecule has 0 aliphatic heterocycles. The molecule has 0 bridgehead atoms. The number of rotatable bonds is 5. The third-order valence-corrected chi connectivity index (χ3v) is 3.95. The van der Waals surface area contributed by atoms with Crippen LogP contribution in [0.15, 0.2) is 18.2 Å². The summed E-state index contributed by atoms with van der Waals surface area (Å²) in [5.41, 5.74) is 0.463. The van der Waals surface area contributed by atoms with Gasteiger partial charge in [0.25, 0.3) is 0 Å². The summed E-state index contributed by atoms with van der Waals surface area (Å²) in [7, 11) is 0. The van der Waals surface area contributed by atoms with Gasteiger partial charge in [0, 0.05) is 6.42 Å². The smallest absolute Gasteiger partial charge is 0.228 e. The Morgan fingerprint density at radius 1 is 1.24 bits per heavy atom. The van der Waals surface area contributed by atoms with Crippen molar-refractivity contribution in [2.45, 2.75) is 30.2 Å². The van der Waals surface area contributed by atoms with Crippen LogP contribution in [0.2, 0.25) is 10.0 Å². The molecule has 0 radical (unpaired) electrons. The highest BCUT2D eigenvalue weighted by Gasteiger charge is 2.34. The van der Waals surface area contributed by atoms with Gasteiger partial charge in [-0.2, -0.15) is 0 Å². The minimum Gasteiger partial charge on any atom is -0.361 e. The van der Waals surface area contributed by atoms with Gasteiger partial charge in [0.15, 0.2) is 0 Å². The molecule has 0 aliphatic carbocycles. The van der Waals surface area contributed by atoms with E-state index < -0.39 is 9.96 Å². The largest absolute Gasteiger partial charge is 0.361 e. The highest BCUT2D eigenvalue weighted by molar-refractivity contribution is 6.68. The topological polar surface area (TPSA) is 41.1 Å². The third-order valence-electron chi connectivity index (χ3n) is 2.48. The number of carbonyl (C=O) groups is 1. The van der Waals surface area contributed by atoms with Crippen LogP contribution in [0.4, 0.5) is 5.69 Å². The van der Waals surface area contributed by atoms with E-state index in [0.29, 0.717) is 17.1 Å². The standard InChI is InChI=1S/C13H15Cl5N2O/c1-7(2)6-10(21)20-12(13(16,17)18)19-9-5-3-4-8(14)11(9)15/h3-5,7,12,19H,6H2,1-2H3,(H,20,21)/t12-/m0/s1.